The summed E-state index contributed by atoms with van der Waals surface area (Å²) in [5.74, 6) is 1.44. The van der Waals surface area contributed by atoms with Gasteiger partial charge in [0.1, 0.15) is 17.3 Å². The lowest BCUT2D eigenvalue weighted by Gasteiger charge is -2.00. The van der Waals surface area contributed by atoms with Gasteiger partial charge in [0, 0.05) is 17.4 Å². The van der Waals surface area contributed by atoms with E-state index in [1.54, 1.807) is 12.1 Å². The van der Waals surface area contributed by atoms with Crippen molar-refractivity contribution >= 4 is 11.6 Å². The molecule has 2 aromatic rings. The second kappa shape index (κ2) is 5.37. The Kier molecular flexibility index (Phi) is 3.85. The van der Waals surface area contributed by atoms with Crippen LogP contribution in [0.15, 0.2) is 40.8 Å². The molecule has 0 bridgehead atoms. The van der Waals surface area contributed by atoms with Crippen molar-refractivity contribution in [3.63, 3.8) is 0 Å². The lowest BCUT2D eigenvalue weighted by Crippen LogP contribution is -1.92. The van der Waals surface area contributed by atoms with Gasteiger partial charge in [0.15, 0.2) is 0 Å². The van der Waals surface area contributed by atoms with Crippen LogP contribution in [0.5, 0.6) is 0 Å². The topological polar surface area (TPSA) is 13.1 Å². The molecular weight excluding hydrogens is 239 g/mol. The van der Waals surface area contributed by atoms with Crippen molar-refractivity contribution in [2.24, 2.45) is 0 Å². The van der Waals surface area contributed by atoms with Gasteiger partial charge in [-0.15, -0.1) is 11.6 Å². The van der Waals surface area contributed by atoms with Gasteiger partial charge in [-0.1, -0.05) is 0 Å². The average Bonchev–Trinajstić information content (AvgIpc) is 2.76. The third kappa shape index (κ3) is 3.34. The molecule has 1 nitrogen and oxygen atoms in total. The van der Waals surface area contributed by atoms with E-state index < -0.39 is 0 Å². The summed E-state index contributed by atoms with van der Waals surface area (Å²) in [6.07, 6.45) is 1.71. The standard InChI is InChI=1S/C14H14ClFO/c1-10(15)2-7-13-8-9-14(17-13)11-3-5-12(16)6-4-11/h3-6,8-10H,2,7H2,1H3. The van der Waals surface area contributed by atoms with Crippen molar-refractivity contribution in [1.29, 1.82) is 0 Å². The van der Waals surface area contributed by atoms with Crippen molar-refractivity contribution in [1.82, 2.24) is 0 Å². The number of benzene rings is 1. The third-order valence-corrected chi connectivity index (χ3v) is 2.80. The van der Waals surface area contributed by atoms with Gasteiger partial charge in [-0.2, -0.15) is 0 Å². The zero-order chi connectivity index (χ0) is 12.3. The van der Waals surface area contributed by atoms with E-state index >= 15 is 0 Å². The molecule has 17 heavy (non-hydrogen) atoms. The number of alkyl halides is 1. The van der Waals surface area contributed by atoms with Gasteiger partial charge in [0.25, 0.3) is 0 Å². The van der Waals surface area contributed by atoms with Crippen LogP contribution in [0, 0.1) is 5.82 Å². The number of halogens is 2. The Morgan fingerprint density at radius 2 is 1.88 bits per heavy atom. The van der Waals surface area contributed by atoms with E-state index in [9.17, 15) is 4.39 Å². The molecule has 0 amide bonds. The molecule has 1 heterocycles. The molecule has 0 fully saturated rings. The van der Waals surface area contributed by atoms with Crippen molar-refractivity contribution < 1.29 is 8.81 Å². The number of aryl methyl sites for hydroxylation is 1. The van der Waals surface area contributed by atoms with Crippen molar-refractivity contribution in [2.45, 2.75) is 25.1 Å². The minimum absolute atomic E-state index is 0.148. The molecule has 0 spiro atoms. The predicted octanol–water partition coefficient (Wildman–Crippen LogP) is 4.65. The van der Waals surface area contributed by atoms with E-state index in [0.29, 0.717) is 0 Å². The molecule has 0 saturated carbocycles. The van der Waals surface area contributed by atoms with E-state index in [4.69, 9.17) is 16.0 Å². The van der Waals surface area contributed by atoms with Gasteiger partial charge in [-0.05, 0) is 49.7 Å². The van der Waals surface area contributed by atoms with Crippen LogP contribution in [-0.2, 0) is 6.42 Å². The summed E-state index contributed by atoms with van der Waals surface area (Å²) in [4.78, 5) is 0. The molecule has 1 aromatic carbocycles. The van der Waals surface area contributed by atoms with Crippen LogP contribution in [0.3, 0.4) is 0 Å². The number of hydrogen-bond donors (Lipinski definition) is 0. The highest BCUT2D eigenvalue weighted by Crippen LogP contribution is 2.23. The van der Waals surface area contributed by atoms with Gasteiger partial charge in [0.05, 0.1) is 0 Å². The summed E-state index contributed by atoms with van der Waals surface area (Å²) >= 11 is 5.89. The molecule has 0 aliphatic rings. The minimum atomic E-state index is -0.239. The lowest BCUT2D eigenvalue weighted by molar-refractivity contribution is 0.513. The Bertz CT molecular complexity index is 473. The molecule has 0 aliphatic heterocycles. The van der Waals surface area contributed by atoms with Gasteiger partial charge in [-0.25, -0.2) is 4.39 Å². The van der Waals surface area contributed by atoms with Crippen LogP contribution in [0.25, 0.3) is 11.3 Å². The average molecular weight is 253 g/mol. The second-order valence-corrected chi connectivity index (χ2v) is 4.84. The molecule has 1 atom stereocenters. The summed E-state index contributed by atoms with van der Waals surface area (Å²) in [5.41, 5.74) is 0.886. The zero-order valence-electron chi connectivity index (χ0n) is 9.62. The van der Waals surface area contributed by atoms with Gasteiger partial charge >= 0.3 is 0 Å². The maximum atomic E-state index is 12.8. The Hall–Kier alpha value is -1.28. The first-order chi connectivity index (χ1) is 8.15. The molecule has 2 rings (SSSR count). The van der Waals surface area contributed by atoms with Crippen LogP contribution >= 0.6 is 11.6 Å². The quantitative estimate of drug-likeness (QED) is 0.722. The first-order valence-corrected chi connectivity index (χ1v) is 6.07. The fourth-order valence-electron chi connectivity index (χ4n) is 1.62. The van der Waals surface area contributed by atoms with E-state index in [1.165, 1.54) is 12.1 Å². The van der Waals surface area contributed by atoms with Crippen LogP contribution < -0.4 is 0 Å². The highest BCUT2D eigenvalue weighted by Gasteiger charge is 2.06. The first kappa shape index (κ1) is 12.2. The Morgan fingerprint density at radius 1 is 1.18 bits per heavy atom. The summed E-state index contributed by atoms with van der Waals surface area (Å²) in [7, 11) is 0. The Morgan fingerprint density at radius 3 is 2.53 bits per heavy atom. The first-order valence-electron chi connectivity index (χ1n) is 5.64. The molecule has 1 unspecified atom stereocenters. The maximum Gasteiger partial charge on any atom is 0.134 e. The SMILES string of the molecule is CC(Cl)CCc1ccc(-c2ccc(F)cc2)o1. The van der Waals surface area contributed by atoms with Crippen LogP contribution in [0.4, 0.5) is 4.39 Å². The minimum Gasteiger partial charge on any atom is -0.461 e. The number of hydrogen-bond acceptors (Lipinski definition) is 1. The van der Waals surface area contributed by atoms with Gasteiger partial charge < -0.3 is 4.42 Å². The molecule has 1 aromatic heterocycles. The maximum absolute atomic E-state index is 12.8. The molecule has 0 aliphatic carbocycles. The molecular formula is C14H14ClFO. The Balaban J connectivity index is 2.10. The molecule has 0 saturated heterocycles. The highest BCUT2D eigenvalue weighted by molar-refractivity contribution is 6.20. The van der Waals surface area contributed by atoms with Crippen LogP contribution in [-0.4, -0.2) is 5.38 Å². The monoisotopic (exact) mass is 252 g/mol. The lowest BCUT2D eigenvalue weighted by atomic mass is 10.2. The van der Waals surface area contributed by atoms with Crippen molar-refractivity contribution in [3.05, 3.63) is 48.0 Å². The zero-order valence-corrected chi connectivity index (χ0v) is 10.4. The largest absolute Gasteiger partial charge is 0.461 e. The molecule has 3 heteroatoms. The molecule has 0 N–H and O–H groups in total. The number of furan rings is 1. The fraction of sp³-hybridized carbons (Fsp3) is 0.286. The van der Waals surface area contributed by atoms with E-state index in [2.05, 4.69) is 0 Å². The molecule has 90 valence electrons. The summed E-state index contributed by atoms with van der Waals surface area (Å²) < 4.78 is 18.5. The summed E-state index contributed by atoms with van der Waals surface area (Å²) in [6, 6.07) is 10.1. The van der Waals surface area contributed by atoms with Crippen LogP contribution in [0.2, 0.25) is 0 Å². The van der Waals surface area contributed by atoms with Crippen LogP contribution in [0.1, 0.15) is 19.1 Å². The molecule has 0 radical (unpaired) electrons. The van der Waals surface area contributed by atoms with Gasteiger partial charge in [-0.3, -0.25) is 0 Å². The summed E-state index contributed by atoms with van der Waals surface area (Å²) in [5, 5.41) is 0.148. The highest BCUT2D eigenvalue weighted by atomic mass is 35.5. The van der Waals surface area contributed by atoms with Gasteiger partial charge in [0.2, 0.25) is 0 Å². The fourth-order valence-corrected chi connectivity index (χ4v) is 1.73. The summed E-state index contributed by atoms with van der Waals surface area (Å²) in [6.45, 7) is 1.96. The van der Waals surface area contributed by atoms with Crippen molar-refractivity contribution in [2.75, 3.05) is 0 Å². The Labute approximate surface area is 105 Å². The van der Waals surface area contributed by atoms with Crippen molar-refractivity contribution in [3.8, 4) is 11.3 Å². The number of rotatable bonds is 4. The second-order valence-electron chi connectivity index (χ2n) is 4.09. The van der Waals surface area contributed by atoms with E-state index in [0.717, 1.165) is 29.9 Å². The predicted molar refractivity (Wildman–Crippen MR) is 67.7 cm³/mol. The normalized spacial score (nSPS) is 12.6. The smallest absolute Gasteiger partial charge is 0.134 e. The van der Waals surface area contributed by atoms with E-state index in [-0.39, 0.29) is 11.2 Å². The van der Waals surface area contributed by atoms with E-state index in [1.807, 2.05) is 19.1 Å². The third-order valence-electron chi connectivity index (χ3n) is 2.58.